The molecule has 1 aromatic rings. The van der Waals surface area contributed by atoms with Gasteiger partial charge in [0.15, 0.2) is 0 Å². The number of nitrogens with one attached hydrogen (secondary N) is 1. The molecule has 4 heteroatoms. The summed E-state index contributed by atoms with van der Waals surface area (Å²) >= 11 is 0. The van der Waals surface area contributed by atoms with Crippen molar-refractivity contribution in [2.45, 2.75) is 62.8 Å². The second kappa shape index (κ2) is 8.74. The van der Waals surface area contributed by atoms with Gasteiger partial charge in [0.05, 0.1) is 13.2 Å². The second-order valence-corrected chi connectivity index (χ2v) is 8.87. The van der Waals surface area contributed by atoms with Crippen molar-refractivity contribution in [1.29, 1.82) is 0 Å². The summed E-state index contributed by atoms with van der Waals surface area (Å²) in [4.78, 5) is 15.2. The van der Waals surface area contributed by atoms with Crippen LogP contribution in [0.1, 0.15) is 56.9 Å². The molecule has 1 aliphatic heterocycles. The second-order valence-electron chi connectivity index (χ2n) is 8.87. The highest BCUT2D eigenvalue weighted by molar-refractivity contribution is 5.78. The molecule has 1 heterocycles. The Bertz CT molecular complexity index is 602. The number of benzene rings is 1. The maximum absolute atomic E-state index is 12.8. The first-order valence-electron chi connectivity index (χ1n) is 10.9. The molecule has 0 aromatic heterocycles. The Morgan fingerprint density at radius 3 is 2.56 bits per heavy atom. The van der Waals surface area contributed by atoms with E-state index in [0.717, 1.165) is 32.7 Å². The van der Waals surface area contributed by atoms with Crippen molar-refractivity contribution in [1.82, 2.24) is 10.2 Å². The molecule has 0 radical (unpaired) electrons. The van der Waals surface area contributed by atoms with E-state index in [0.29, 0.717) is 18.5 Å². The van der Waals surface area contributed by atoms with Crippen LogP contribution in [0.15, 0.2) is 30.3 Å². The number of nitrogens with zero attached hydrogens (tertiary/aromatic N) is 1. The summed E-state index contributed by atoms with van der Waals surface area (Å²) in [5.41, 5.74) is 1.52. The molecule has 1 atom stereocenters. The lowest BCUT2D eigenvalue weighted by molar-refractivity contribution is -0.122. The standard InChI is InChI=1S/C23H34N2O2/c26-22(16-25(21-9-10-21)15-19-11-14-27-17-19)24-18-23(12-5-2-6-13-23)20-7-3-1-4-8-20/h1,3-4,7-8,19,21H,2,5-6,9-18H2,(H,24,26). The molecule has 27 heavy (non-hydrogen) atoms. The first-order chi connectivity index (χ1) is 13.3. The Hall–Kier alpha value is -1.39. The molecule has 1 amide bonds. The topological polar surface area (TPSA) is 41.6 Å². The van der Waals surface area contributed by atoms with E-state index in [9.17, 15) is 4.79 Å². The lowest BCUT2D eigenvalue weighted by Crippen LogP contribution is -2.46. The Kier molecular flexibility index (Phi) is 6.14. The molecule has 148 valence electrons. The Balaban J connectivity index is 1.34. The summed E-state index contributed by atoms with van der Waals surface area (Å²) < 4.78 is 5.52. The fourth-order valence-electron chi connectivity index (χ4n) is 4.94. The van der Waals surface area contributed by atoms with Gasteiger partial charge in [-0.2, -0.15) is 0 Å². The molecule has 1 unspecified atom stereocenters. The molecular formula is C23H34N2O2. The zero-order valence-corrected chi connectivity index (χ0v) is 16.5. The summed E-state index contributed by atoms with van der Waals surface area (Å²) in [5, 5.41) is 3.32. The van der Waals surface area contributed by atoms with Gasteiger partial charge in [-0.05, 0) is 43.6 Å². The van der Waals surface area contributed by atoms with Crippen molar-refractivity contribution in [2.24, 2.45) is 5.92 Å². The van der Waals surface area contributed by atoms with E-state index in [2.05, 4.69) is 40.5 Å². The van der Waals surface area contributed by atoms with E-state index in [-0.39, 0.29) is 11.3 Å². The molecule has 0 bridgehead atoms. The molecule has 0 spiro atoms. The van der Waals surface area contributed by atoms with Gasteiger partial charge in [-0.15, -0.1) is 0 Å². The van der Waals surface area contributed by atoms with Crippen LogP contribution < -0.4 is 5.32 Å². The highest BCUT2D eigenvalue weighted by Crippen LogP contribution is 2.39. The molecule has 3 aliphatic rings. The summed E-state index contributed by atoms with van der Waals surface area (Å²) in [7, 11) is 0. The van der Waals surface area contributed by atoms with Crippen molar-refractivity contribution in [3.05, 3.63) is 35.9 Å². The number of hydrogen-bond donors (Lipinski definition) is 1. The van der Waals surface area contributed by atoms with Crippen LogP contribution in [0.4, 0.5) is 0 Å². The molecule has 2 aliphatic carbocycles. The molecular weight excluding hydrogens is 336 g/mol. The Labute approximate surface area is 163 Å². The minimum Gasteiger partial charge on any atom is -0.381 e. The fourth-order valence-corrected chi connectivity index (χ4v) is 4.94. The Morgan fingerprint density at radius 1 is 1.11 bits per heavy atom. The normalized spacial score (nSPS) is 24.9. The highest BCUT2D eigenvalue weighted by Gasteiger charge is 2.36. The van der Waals surface area contributed by atoms with Gasteiger partial charge in [-0.1, -0.05) is 49.6 Å². The SMILES string of the molecule is O=C(CN(CC1CCOC1)C1CC1)NCC1(c2ccccc2)CCCCC1. The summed E-state index contributed by atoms with van der Waals surface area (Å²) in [6.45, 7) is 4.09. The zero-order valence-electron chi connectivity index (χ0n) is 16.5. The predicted molar refractivity (Wildman–Crippen MR) is 108 cm³/mol. The van der Waals surface area contributed by atoms with Crippen molar-refractivity contribution in [3.63, 3.8) is 0 Å². The van der Waals surface area contributed by atoms with E-state index in [1.54, 1.807) is 0 Å². The molecule has 4 nitrogen and oxygen atoms in total. The van der Waals surface area contributed by atoms with E-state index >= 15 is 0 Å². The van der Waals surface area contributed by atoms with Crippen LogP contribution in [-0.2, 0) is 14.9 Å². The maximum atomic E-state index is 12.8. The van der Waals surface area contributed by atoms with Crippen LogP contribution in [0.3, 0.4) is 0 Å². The van der Waals surface area contributed by atoms with Gasteiger partial charge in [0.1, 0.15) is 0 Å². The third-order valence-corrected chi connectivity index (χ3v) is 6.75. The van der Waals surface area contributed by atoms with Gasteiger partial charge in [0, 0.05) is 31.2 Å². The molecule has 1 N–H and O–H groups in total. The number of ether oxygens (including phenoxy) is 1. The summed E-state index contributed by atoms with van der Waals surface area (Å²) in [5.74, 6) is 0.800. The lowest BCUT2D eigenvalue weighted by Gasteiger charge is -2.38. The predicted octanol–water partition coefficient (Wildman–Crippen LogP) is 3.51. The van der Waals surface area contributed by atoms with Gasteiger partial charge >= 0.3 is 0 Å². The van der Waals surface area contributed by atoms with Crippen molar-refractivity contribution >= 4 is 5.91 Å². The quantitative estimate of drug-likeness (QED) is 0.761. The van der Waals surface area contributed by atoms with E-state index < -0.39 is 0 Å². The van der Waals surface area contributed by atoms with Crippen molar-refractivity contribution in [3.8, 4) is 0 Å². The van der Waals surface area contributed by atoms with Crippen LogP contribution in [0, 0.1) is 5.92 Å². The molecule has 1 saturated heterocycles. The third-order valence-electron chi connectivity index (χ3n) is 6.75. The highest BCUT2D eigenvalue weighted by atomic mass is 16.5. The van der Waals surface area contributed by atoms with E-state index in [1.807, 2.05) is 0 Å². The number of hydrogen-bond acceptors (Lipinski definition) is 3. The molecule has 4 rings (SSSR count). The van der Waals surface area contributed by atoms with Gasteiger partial charge in [0.25, 0.3) is 0 Å². The fraction of sp³-hybridized carbons (Fsp3) is 0.696. The number of rotatable bonds is 8. The average Bonchev–Trinajstić information content (AvgIpc) is 3.44. The molecule has 2 saturated carbocycles. The largest absolute Gasteiger partial charge is 0.381 e. The smallest absolute Gasteiger partial charge is 0.234 e. The number of carbonyl (C=O) groups excluding carboxylic acids is 1. The monoisotopic (exact) mass is 370 g/mol. The maximum Gasteiger partial charge on any atom is 0.234 e. The first kappa shape index (κ1) is 18.9. The summed E-state index contributed by atoms with van der Waals surface area (Å²) in [6.07, 6.45) is 9.85. The van der Waals surface area contributed by atoms with Crippen LogP contribution >= 0.6 is 0 Å². The van der Waals surface area contributed by atoms with Crippen LogP contribution in [0.25, 0.3) is 0 Å². The van der Waals surface area contributed by atoms with Crippen molar-refractivity contribution < 1.29 is 9.53 Å². The number of carbonyl (C=O) groups is 1. The molecule has 3 fully saturated rings. The average molecular weight is 371 g/mol. The van der Waals surface area contributed by atoms with Crippen LogP contribution in [0.5, 0.6) is 0 Å². The van der Waals surface area contributed by atoms with Crippen LogP contribution in [0.2, 0.25) is 0 Å². The van der Waals surface area contributed by atoms with E-state index in [1.165, 1.54) is 50.5 Å². The van der Waals surface area contributed by atoms with Gasteiger partial charge in [0.2, 0.25) is 5.91 Å². The van der Waals surface area contributed by atoms with Gasteiger partial charge in [-0.25, -0.2) is 0 Å². The lowest BCUT2D eigenvalue weighted by atomic mass is 9.69. The summed E-state index contributed by atoms with van der Waals surface area (Å²) in [6, 6.07) is 11.5. The van der Waals surface area contributed by atoms with E-state index in [4.69, 9.17) is 4.74 Å². The minimum absolute atomic E-state index is 0.124. The van der Waals surface area contributed by atoms with Crippen molar-refractivity contribution in [2.75, 3.05) is 32.8 Å². The number of amides is 1. The molecule has 1 aromatic carbocycles. The third kappa shape index (κ3) is 4.91. The van der Waals surface area contributed by atoms with Gasteiger partial charge in [-0.3, -0.25) is 9.69 Å². The minimum atomic E-state index is 0.124. The first-order valence-corrected chi connectivity index (χ1v) is 10.9. The van der Waals surface area contributed by atoms with Gasteiger partial charge < -0.3 is 10.1 Å². The Morgan fingerprint density at radius 2 is 1.89 bits per heavy atom. The zero-order chi connectivity index (χ0) is 18.5. The van der Waals surface area contributed by atoms with Crippen LogP contribution in [-0.4, -0.2) is 49.7 Å².